The zero-order valence-electron chi connectivity index (χ0n) is 17.0. The molecule has 1 aromatic carbocycles. The van der Waals surface area contributed by atoms with Crippen molar-refractivity contribution in [3.05, 3.63) is 47.7 Å². The van der Waals surface area contributed by atoms with Crippen molar-refractivity contribution in [2.75, 3.05) is 0 Å². The van der Waals surface area contributed by atoms with Gasteiger partial charge in [0.25, 0.3) is 5.89 Å². The van der Waals surface area contributed by atoms with Gasteiger partial charge in [-0.25, -0.2) is 4.21 Å². The topological polar surface area (TPSA) is 89.1 Å². The van der Waals surface area contributed by atoms with Crippen LogP contribution in [-0.2, 0) is 21.6 Å². The van der Waals surface area contributed by atoms with Crippen LogP contribution >= 0.6 is 0 Å². The number of phenolic OH excluding ortho intramolecular Hbond substituents is 1. The maximum absolute atomic E-state index is 13.6. The number of pyridine rings is 1. The van der Waals surface area contributed by atoms with Crippen LogP contribution in [0.1, 0.15) is 52.7 Å². The van der Waals surface area contributed by atoms with Crippen LogP contribution in [0, 0.1) is 0 Å². The van der Waals surface area contributed by atoms with Crippen molar-refractivity contribution in [2.24, 2.45) is 0 Å². The molecular formula is C21H25N3O3S. The van der Waals surface area contributed by atoms with Crippen molar-refractivity contribution in [1.29, 1.82) is 0 Å². The molecule has 1 N–H and O–H groups in total. The number of aromatic nitrogens is 3. The van der Waals surface area contributed by atoms with E-state index >= 15 is 0 Å². The zero-order valence-corrected chi connectivity index (χ0v) is 17.8. The third kappa shape index (κ3) is 3.99. The molecule has 2 heterocycles. The Hall–Kier alpha value is -2.54. The summed E-state index contributed by atoms with van der Waals surface area (Å²) >= 11 is 0. The fraction of sp³-hybridized carbons (Fsp3) is 0.381. The molecule has 3 rings (SSSR count). The summed E-state index contributed by atoms with van der Waals surface area (Å²) in [4.78, 5) is 4.80. The van der Waals surface area contributed by atoms with Crippen molar-refractivity contribution in [3.8, 4) is 17.3 Å². The Bertz CT molecular complexity index is 980. The second-order valence-corrected chi connectivity index (χ2v) is 10.0. The molecule has 3 aromatic rings. The summed E-state index contributed by atoms with van der Waals surface area (Å²) in [6, 6.07) is 8.69. The molecule has 0 spiro atoms. The number of benzene rings is 1. The average molecular weight is 400 g/mol. The van der Waals surface area contributed by atoms with Crippen LogP contribution in [-0.4, -0.2) is 24.5 Å². The summed E-state index contributed by atoms with van der Waals surface area (Å²) in [6.45, 7) is 12.1. The van der Waals surface area contributed by atoms with Gasteiger partial charge in [-0.15, -0.1) is 5.10 Å². The molecule has 0 aliphatic carbocycles. The second-order valence-electron chi connectivity index (χ2n) is 8.73. The van der Waals surface area contributed by atoms with Gasteiger partial charge in [-0.3, -0.25) is 4.98 Å². The van der Waals surface area contributed by atoms with Gasteiger partial charge >= 0.3 is 5.22 Å². The highest BCUT2D eigenvalue weighted by molar-refractivity contribution is 7.85. The van der Waals surface area contributed by atoms with Gasteiger partial charge in [-0.2, -0.15) is 0 Å². The number of aromatic hydroxyl groups is 1. The smallest absolute Gasteiger partial charge is 0.312 e. The molecule has 0 aliphatic heterocycles. The molecular weight excluding hydrogens is 374 g/mol. The minimum absolute atomic E-state index is 0.0161. The third-order valence-corrected chi connectivity index (χ3v) is 5.62. The lowest BCUT2D eigenvalue weighted by Crippen LogP contribution is -2.21. The predicted molar refractivity (Wildman–Crippen MR) is 108 cm³/mol. The summed E-state index contributed by atoms with van der Waals surface area (Å²) in [5.74, 6) is 0.368. The fourth-order valence-electron chi connectivity index (χ4n) is 2.89. The standard InChI is InChI=1S/C21H25N3O3S/c1-20(2,3)14-11-13(25)12-15(21(4,5)6)17(14)28(26)19-24-23-18(27-19)16-9-7-8-10-22-16/h7-12,25H,1-6H3. The summed E-state index contributed by atoms with van der Waals surface area (Å²) in [5.41, 5.74) is 1.42. The van der Waals surface area contributed by atoms with E-state index in [2.05, 4.69) is 15.2 Å². The van der Waals surface area contributed by atoms with Crippen molar-refractivity contribution in [1.82, 2.24) is 15.2 Å². The quantitative estimate of drug-likeness (QED) is 0.692. The van der Waals surface area contributed by atoms with Crippen molar-refractivity contribution < 1.29 is 13.7 Å². The van der Waals surface area contributed by atoms with Crippen molar-refractivity contribution in [2.45, 2.75) is 62.5 Å². The van der Waals surface area contributed by atoms with Gasteiger partial charge in [0.05, 0.1) is 4.90 Å². The molecule has 0 saturated heterocycles. The number of rotatable bonds is 3. The lowest BCUT2D eigenvalue weighted by Gasteiger charge is -2.29. The molecule has 2 aromatic heterocycles. The molecule has 1 unspecified atom stereocenters. The van der Waals surface area contributed by atoms with E-state index in [0.717, 1.165) is 11.1 Å². The molecule has 0 radical (unpaired) electrons. The normalized spacial score (nSPS) is 13.5. The summed E-state index contributed by atoms with van der Waals surface area (Å²) < 4.78 is 19.3. The van der Waals surface area contributed by atoms with E-state index in [0.29, 0.717) is 10.6 Å². The minimum Gasteiger partial charge on any atom is -0.508 e. The van der Waals surface area contributed by atoms with E-state index in [9.17, 15) is 9.32 Å². The molecule has 0 bridgehead atoms. The number of phenols is 1. The monoisotopic (exact) mass is 399 g/mol. The number of hydrogen-bond donors (Lipinski definition) is 1. The fourth-order valence-corrected chi connectivity index (χ4v) is 4.47. The molecule has 148 valence electrons. The summed E-state index contributed by atoms with van der Waals surface area (Å²) in [5, 5.41) is 18.3. The van der Waals surface area contributed by atoms with Gasteiger partial charge in [0, 0.05) is 6.20 Å². The molecule has 0 fully saturated rings. The lowest BCUT2D eigenvalue weighted by atomic mass is 9.80. The second kappa shape index (κ2) is 7.13. The highest BCUT2D eigenvalue weighted by Crippen LogP contribution is 2.40. The van der Waals surface area contributed by atoms with Crippen LogP contribution in [0.4, 0.5) is 0 Å². The molecule has 6 nitrogen and oxygen atoms in total. The Morgan fingerprint density at radius 3 is 2.07 bits per heavy atom. The highest BCUT2D eigenvalue weighted by Gasteiger charge is 2.32. The van der Waals surface area contributed by atoms with Gasteiger partial charge in [-0.05, 0) is 46.2 Å². The Labute approximate surface area is 167 Å². The van der Waals surface area contributed by atoms with E-state index < -0.39 is 10.8 Å². The minimum atomic E-state index is -1.70. The van der Waals surface area contributed by atoms with E-state index in [1.54, 1.807) is 30.5 Å². The van der Waals surface area contributed by atoms with E-state index in [1.165, 1.54) is 0 Å². The Morgan fingerprint density at radius 2 is 1.57 bits per heavy atom. The van der Waals surface area contributed by atoms with Crippen LogP contribution in [0.5, 0.6) is 5.75 Å². The first-order valence-corrected chi connectivity index (χ1v) is 10.2. The van der Waals surface area contributed by atoms with E-state index in [1.807, 2.05) is 47.6 Å². The molecule has 7 heteroatoms. The molecule has 1 atom stereocenters. The van der Waals surface area contributed by atoms with Crippen LogP contribution in [0.2, 0.25) is 0 Å². The van der Waals surface area contributed by atoms with Crippen molar-refractivity contribution in [3.63, 3.8) is 0 Å². The van der Waals surface area contributed by atoms with Crippen LogP contribution in [0.3, 0.4) is 0 Å². The van der Waals surface area contributed by atoms with Gasteiger partial charge in [0.15, 0.2) is 0 Å². The highest BCUT2D eigenvalue weighted by atomic mass is 32.2. The van der Waals surface area contributed by atoms with Gasteiger partial charge < -0.3 is 9.52 Å². The van der Waals surface area contributed by atoms with Crippen LogP contribution < -0.4 is 0 Å². The maximum Gasteiger partial charge on any atom is 0.312 e. The molecule has 28 heavy (non-hydrogen) atoms. The molecule has 0 aliphatic rings. The van der Waals surface area contributed by atoms with Gasteiger partial charge in [-0.1, -0.05) is 52.7 Å². The van der Waals surface area contributed by atoms with E-state index in [4.69, 9.17) is 4.42 Å². The largest absolute Gasteiger partial charge is 0.508 e. The predicted octanol–water partition coefficient (Wildman–Crippen LogP) is 4.60. The third-order valence-electron chi connectivity index (χ3n) is 4.32. The average Bonchev–Trinajstić information content (AvgIpc) is 3.10. The van der Waals surface area contributed by atoms with Crippen LogP contribution in [0.25, 0.3) is 11.6 Å². The summed E-state index contributed by atoms with van der Waals surface area (Å²) in [7, 11) is -1.70. The molecule has 0 amide bonds. The van der Waals surface area contributed by atoms with E-state index in [-0.39, 0.29) is 27.7 Å². The summed E-state index contributed by atoms with van der Waals surface area (Å²) in [6.07, 6.45) is 1.63. The SMILES string of the molecule is CC(C)(C)c1cc(O)cc(C(C)(C)C)c1S(=O)c1nnc(-c2ccccn2)o1. The Kier molecular flexibility index (Phi) is 5.14. The first kappa shape index (κ1) is 20.2. The lowest BCUT2D eigenvalue weighted by molar-refractivity contribution is 0.449. The van der Waals surface area contributed by atoms with Gasteiger partial charge in [0.2, 0.25) is 0 Å². The number of hydrogen-bond acceptors (Lipinski definition) is 6. The maximum atomic E-state index is 13.6. The zero-order chi connectivity index (χ0) is 20.7. The Balaban J connectivity index is 2.18. The van der Waals surface area contributed by atoms with Crippen LogP contribution in [0.15, 0.2) is 51.1 Å². The number of nitrogens with zero attached hydrogens (tertiary/aromatic N) is 3. The first-order chi connectivity index (χ1) is 13.0. The first-order valence-electron chi connectivity index (χ1n) is 9.03. The van der Waals surface area contributed by atoms with Gasteiger partial charge in [0.1, 0.15) is 22.2 Å². The van der Waals surface area contributed by atoms with Crippen molar-refractivity contribution >= 4 is 10.8 Å². The molecule has 0 saturated carbocycles. The Morgan fingerprint density at radius 1 is 0.964 bits per heavy atom.